The second-order valence-electron chi connectivity index (χ2n) is 7.61. The Morgan fingerprint density at radius 1 is 1.28 bits per heavy atom. The van der Waals surface area contributed by atoms with Crippen LogP contribution in [0.3, 0.4) is 0 Å². The molecular weight excluding hydrogens is 454 g/mol. The molecule has 32 heavy (non-hydrogen) atoms. The fraction of sp³-hybridized carbons (Fsp3) is 0.273. The zero-order chi connectivity index (χ0) is 22.6. The van der Waals surface area contributed by atoms with Crippen LogP contribution in [-0.4, -0.2) is 41.9 Å². The summed E-state index contributed by atoms with van der Waals surface area (Å²) in [5, 5.41) is 14.1. The van der Waals surface area contributed by atoms with Gasteiger partial charge in [-0.2, -0.15) is 0 Å². The fourth-order valence-corrected chi connectivity index (χ4v) is 4.91. The minimum atomic E-state index is -0.677. The van der Waals surface area contributed by atoms with Gasteiger partial charge in [0.05, 0.1) is 23.9 Å². The van der Waals surface area contributed by atoms with Crippen molar-refractivity contribution in [2.75, 3.05) is 27.5 Å². The third kappa shape index (κ3) is 3.08. The van der Waals surface area contributed by atoms with Crippen LogP contribution in [-0.2, 0) is 6.42 Å². The minimum Gasteiger partial charge on any atom is -0.859 e. The topological polar surface area (TPSA) is 91.8 Å². The molecule has 0 saturated heterocycles. The molecule has 0 radical (unpaired) electrons. The number of methoxy groups -OCH3 is 1. The predicted molar refractivity (Wildman–Crippen MR) is 119 cm³/mol. The highest BCUT2D eigenvalue weighted by atomic mass is 35.5. The van der Waals surface area contributed by atoms with E-state index in [1.807, 2.05) is 18.0 Å². The molecule has 8 nitrogen and oxygen atoms in total. The zero-order valence-corrected chi connectivity index (χ0v) is 18.9. The van der Waals surface area contributed by atoms with Crippen molar-refractivity contribution < 1.29 is 19.3 Å². The number of hydrogen-bond acceptors (Lipinski definition) is 7. The number of aromatic nitrogens is 2. The van der Waals surface area contributed by atoms with Gasteiger partial charge in [0, 0.05) is 17.7 Å². The number of fused-ring (bicyclic) bond motifs is 2. The Morgan fingerprint density at radius 2 is 2.06 bits per heavy atom. The van der Waals surface area contributed by atoms with E-state index in [4.69, 9.17) is 38.0 Å². The van der Waals surface area contributed by atoms with E-state index in [2.05, 4.69) is 4.98 Å². The van der Waals surface area contributed by atoms with Crippen molar-refractivity contribution in [2.24, 2.45) is 0 Å². The first-order chi connectivity index (χ1) is 15.4. The maximum atomic E-state index is 13.7. The summed E-state index contributed by atoms with van der Waals surface area (Å²) in [4.78, 5) is 17.7. The van der Waals surface area contributed by atoms with Crippen molar-refractivity contribution in [3.05, 3.63) is 67.2 Å². The molecule has 1 N–H and O–H groups in total. The molecule has 0 aliphatic carbocycles. The van der Waals surface area contributed by atoms with E-state index in [-0.39, 0.29) is 17.1 Å². The lowest BCUT2D eigenvalue weighted by molar-refractivity contribution is -0.279. The van der Waals surface area contributed by atoms with Crippen molar-refractivity contribution in [2.45, 2.75) is 12.5 Å². The fourth-order valence-electron chi connectivity index (χ4n) is 4.42. The number of aromatic amines is 1. The molecule has 166 valence electrons. The van der Waals surface area contributed by atoms with Crippen molar-refractivity contribution in [3.63, 3.8) is 0 Å². The maximum Gasteiger partial charge on any atom is 0.256 e. The Morgan fingerprint density at radius 3 is 2.81 bits per heavy atom. The second kappa shape index (κ2) is 7.84. The van der Waals surface area contributed by atoms with Crippen LogP contribution in [0.4, 0.5) is 0 Å². The summed E-state index contributed by atoms with van der Waals surface area (Å²) in [7, 11) is 3.39. The smallest absolute Gasteiger partial charge is 0.256 e. The van der Waals surface area contributed by atoms with Gasteiger partial charge in [0.25, 0.3) is 5.56 Å². The normalized spacial score (nSPS) is 17.3. The number of nitrogens with one attached hydrogen (secondary N) is 1. The van der Waals surface area contributed by atoms with Gasteiger partial charge in [0.15, 0.2) is 16.3 Å². The summed E-state index contributed by atoms with van der Waals surface area (Å²) in [5.74, 6) is 0.981. The number of halogens is 1. The van der Waals surface area contributed by atoms with Crippen molar-refractivity contribution >= 4 is 23.8 Å². The Balaban J connectivity index is 1.81. The van der Waals surface area contributed by atoms with E-state index in [0.29, 0.717) is 46.5 Å². The lowest BCUT2D eigenvalue weighted by Crippen LogP contribution is -2.38. The summed E-state index contributed by atoms with van der Waals surface area (Å²) in [6.45, 7) is 0.709. The molecule has 3 heterocycles. The number of benzene rings is 2. The molecule has 0 amide bonds. The number of ether oxygens (including phenoxy) is 3. The monoisotopic (exact) mass is 472 g/mol. The standard InChI is InChI=1S/C22H20ClN3O5S/c1-25-8-7-11-9-14-18(31-10-30-14)19(29-2)15(11)17(25)16-20(27)24-22(32)26(21(16)28)13-6-4-3-5-12(13)23/h3-6,9,17,28H,7-8,10H2,1-2H3,(H,24,27,32)/p-1. The molecule has 2 aromatic carbocycles. The Kier molecular flexibility index (Phi) is 5.11. The van der Waals surface area contributed by atoms with Crippen LogP contribution in [0.25, 0.3) is 5.69 Å². The van der Waals surface area contributed by atoms with E-state index in [9.17, 15) is 9.90 Å². The largest absolute Gasteiger partial charge is 0.859 e. The first kappa shape index (κ1) is 20.9. The number of nitrogens with zero attached hydrogens (tertiary/aromatic N) is 2. The van der Waals surface area contributed by atoms with E-state index < -0.39 is 17.5 Å². The van der Waals surface area contributed by atoms with Gasteiger partial charge in [0.2, 0.25) is 12.5 Å². The van der Waals surface area contributed by atoms with Crippen LogP contribution >= 0.6 is 23.8 Å². The summed E-state index contributed by atoms with van der Waals surface area (Å²) in [5.41, 5.74) is 1.51. The Hall–Kier alpha value is -3.01. The Bertz CT molecular complexity index is 1350. The highest BCUT2D eigenvalue weighted by Crippen LogP contribution is 2.51. The van der Waals surface area contributed by atoms with Gasteiger partial charge >= 0.3 is 0 Å². The lowest BCUT2D eigenvalue weighted by Gasteiger charge is -2.37. The number of para-hydroxylation sites is 1. The van der Waals surface area contributed by atoms with Gasteiger partial charge in [-0.05, 0) is 55.3 Å². The quantitative estimate of drug-likeness (QED) is 0.586. The molecule has 1 aromatic heterocycles. The van der Waals surface area contributed by atoms with Crippen LogP contribution in [0.15, 0.2) is 35.1 Å². The van der Waals surface area contributed by atoms with Crippen molar-refractivity contribution in [3.8, 4) is 28.8 Å². The summed E-state index contributed by atoms with van der Waals surface area (Å²) in [6.07, 6.45) is 0.699. The maximum absolute atomic E-state index is 13.7. The molecule has 0 saturated carbocycles. The van der Waals surface area contributed by atoms with Crippen LogP contribution in [0.1, 0.15) is 22.7 Å². The second-order valence-corrected chi connectivity index (χ2v) is 8.41. The van der Waals surface area contributed by atoms with Gasteiger partial charge in [-0.15, -0.1) is 0 Å². The molecular formula is C22H19ClN3O5S-. The molecule has 10 heteroatoms. The lowest BCUT2D eigenvalue weighted by atomic mass is 9.87. The molecule has 0 spiro atoms. The first-order valence-corrected chi connectivity index (χ1v) is 10.7. The van der Waals surface area contributed by atoms with Crippen LogP contribution < -0.4 is 24.9 Å². The summed E-state index contributed by atoms with van der Waals surface area (Å²) < 4.78 is 18.1. The highest BCUT2D eigenvalue weighted by Gasteiger charge is 2.36. The molecule has 2 aliphatic rings. The van der Waals surface area contributed by atoms with Gasteiger partial charge in [-0.25, -0.2) is 0 Å². The average molecular weight is 473 g/mol. The number of likely N-dealkylation sites (N-methyl/N-ethyl adjacent to an activating group) is 1. The number of rotatable bonds is 3. The van der Waals surface area contributed by atoms with Gasteiger partial charge in [-0.1, -0.05) is 23.7 Å². The molecule has 0 bridgehead atoms. The molecule has 1 unspecified atom stereocenters. The van der Waals surface area contributed by atoms with E-state index >= 15 is 0 Å². The molecule has 2 aliphatic heterocycles. The first-order valence-electron chi connectivity index (χ1n) is 9.93. The number of H-pyrrole nitrogens is 1. The molecule has 0 fully saturated rings. The molecule has 5 rings (SSSR count). The van der Waals surface area contributed by atoms with E-state index in [1.165, 1.54) is 11.7 Å². The zero-order valence-electron chi connectivity index (χ0n) is 17.3. The van der Waals surface area contributed by atoms with E-state index in [0.717, 1.165) is 5.56 Å². The third-order valence-corrected chi connectivity index (χ3v) is 6.47. The third-order valence-electron chi connectivity index (χ3n) is 5.86. The minimum absolute atomic E-state index is 0.0202. The highest BCUT2D eigenvalue weighted by molar-refractivity contribution is 7.71. The summed E-state index contributed by atoms with van der Waals surface area (Å²) >= 11 is 11.7. The van der Waals surface area contributed by atoms with Gasteiger partial charge in [-0.3, -0.25) is 19.2 Å². The van der Waals surface area contributed by atoms with Crippen LogP contribution in [0.2, 0.25) is 5.02 Å². The Labute approximate surface area is 193 Å². The summed E-state index contributed by atoms with van der Waals surface area (Å²) in [6, 6.07) is 8.06. The predicted octanol–water partition coefficient (Wildman–Crippen LogP) is 2.94. The SMILES string of the molecule is COc1c2c(cc3c1C(c1c([O-])n(-c4ccccc4Cl)c(=S)[nH]c1=O)N(C)CC3)OCO2. The van der Waals surface area contributed by atoms with E-state index in [1.54, 1.807) is 24.3 Å². The average Bonchev–Trinajstić information content (AvgIpc) is 3.23. The molecule has 1 atom stereocenters. The number of hydrogen-bond donors (Lipinski definition) is 1. The molecule has 3 aromatic rings. The van der Waals surface area contributed by atoms with Crippen molar-refractivity contribution in [1.29, 1.82) is 0 Å². The van der Waals surface area contributed by atoms with Crippen LogP contribution in [0.5, 0.6) is 23.1 Å². The van der Waals surface area contributed by atoms with Crippen molar-refractivity contribution in [1.82, 2.24) is 14.5 Å². The van der Waals surface area contributed by atoms with Gasteiger partial charge in [0.1, 0.15) is 0 Å². The van der Waals surface area contributed by atoms with Crippen LogP contribution in [0, 0.1) is 4.77 Å². The van der Waals surface area contributed by atoms with Gasteiger partial charge < -0.3 is 19.3 Å².